The van der Waals surface area contributed by atoms with Gasteiger partial charge in [0.25, 0.3) is 0 Å². The van der Waals surface area contributed by atoms with Crippen LogP contribution in [-0.4, -0.2) is 29.4 Å². The lowest BCUT2D eigenvalue weighted by molar-refractivity contribution is -0.160. The van der Waals surface area contributed by atoms with Crippen LogP contribution in [0.3, 0.4) is 0 Å². The van der Waals surface area contributed by atoms with Gasteiger partial charge in [-0.25, -0.2) is 8.78 Å². The summed E-state index contributed by atoms with van der Waals surface area (Å²) in [4.78, 5) is 12.8. The Morgan fingerprint density at radius 2 is 1.85 bits per heavy atom. The molecule has 2 N–H and O–H groups in total. The normalized spacial score (nSPS) is 16.5. The highest BCUT2D eigenvalue weighted by atomic mass is 79.9. The van der Waals surface area contributed by atoms with E-state index < -0.39 is 41.3 Å². The summed E-state index contributed by atoms with van der Waals surface area (Å²) in [6, 6.07) is 7.63. The molecule has 0 aliphatic heterocycles. The Bertz CT molecular complexity index is 1040. The monoisotopic (exact) mass is 547 g/mol. The molecule has 2 aromatic carbocycles. The third-order valence-electron chi connectivity index (χ3n) is 5.12. The van der Waals surface area contributed by atoms with Crippen molar-refractivity contribution >= 4 is 33.6 Å². The van der Waals surface area contributed by atoms with Crippen molar-refractivity contribution in [3.63, 3.8) is 0 Å². The van der Waals surface area contributed by atoms with Gasteiger partial charge in [0.05, 0.1) is 12.1 Å². The molecule has 176 valence electrons. The zero-order valence-corrected chi connectivity index (χ0v) is 19.5. The van der Waals surface area contributed by atoms with Gasteiger partial charge in [-0.3, -0.25) is 10.1 Å². The largest absolute Gasteiger partial charge is 0.407 e. The van der Waals surface area contributed by atoms with Gasteiger partial charge >= 0.3 is 6.18 Å². The first-order valence-electron chi connectivity index (χ1n) is 9.87. The SMILES string of the molecule is N#CC1(NC(=O)[C@H](CSCc2cccc(F)c2F)N[C@@H](c2ccc(Br)cc2)C(F)(F)F)CC1. The first kappa shape index (κ1) is 25.5. The molecule has 0 spiro atoms. The fraction of sp³-hybridized carbons (Fsp3) is 0.364. The highest BCUT2D eigenvalue weighted by Gasteiger charge is 2.47. The van der Waals surface area contributed by atoms with Gasteiger partial charge in [0.15, 0.2) is 11.6 Å². The number of rotatable bonds is 9. The Morgan fingerprint density at radius 1 is 1.18 bits per heavy atom. The zero-order chi connectivity index (χ0) is 24.2. The number of benzene rings is 2. The van der Waals surface area contributed by atoms with Crippen LogP contribution in [0.25, 0.3) is 0 Å². The van der Waals surface area contributed by atoms with Gasteiger partial charge < -0.3 is 5.32 Å². The van der Waals surface area contributed by atoms with Crippen LogP contribution in [0, 0.1) is 23.0 Å². The molecule has 1 aliphatic carbocycles. The van der Waals surface area contributed by atoms with Gasteiger partial charge in [-0.1, -0.05) is 40.2 Å². The molecule has 3 rings (SSSR count). The molecular weight excluding hydrogens is 529 g/mol. The number of carbonyl (C=O) groups excluding carboxylic acids is 1. The van der Waals surface area contributed by atoms with Crippen molar-refractivity contribution in [2.75, 3.05) is 5.75 Å². The summed E-state index contributed by atoms with van der Waals surface area (Å²) in [5.41, 5.74) is -1.12. The van der Waals surface area contributed by atoms with Crippen molar-refractivity contribution in [2.24, 2.45) is 0 Å². The van der Waals surface area contributed by atoms with Crippen LogP contribution in [0.5, 0.6) is 0 Å². The Labute approximate surface area is 200 Å². The van der Waals surface area contributed by atoms with Crippen molar-refractivity contribution < 1.29 is 26.7 Å². The summed E-state index contributed by atoms with van der Waals surface area (Å²) in [5.74, 6) is -3.03. The zero-order valence-electron chi connectivity index (χ0n) is 17.1. The van der Waals surface area contributed by atoms with Crippen molar-refractivity contribution in [3.05, 3.63) is 69.7 Å². The lowest BCUT2D eigenvalue weighted by atomic mass is 10.1. The number of alkyl halides is 3. The van der Waals surface area contributed by atoms with Crippen LogP contribution >= 0.6 is 27.7 Å². The minimum Gasteiger partial charge on any atom is -0.336 e. The minimum absolute atomic E-state index is 0.0372. The average molecular weight is 548 g/mol. The predicted octanol–water partition coefficient (Wildman–Crippen LogP) is 5.39. The third kappa shape index (κ3) is 6.68. The molecule has 1 amide bonds. The first-order chi connectivity index (χ1) is 15.5. The van der Waals surface area contributed by atoms with Gasteiger partial charge in [-0.05, 0) is 36.6 Å². The lowest BCUT2D eigenvalue weighted by Crippen LogP contribution is -2.52. The summed E-state index contributed by atoms with van der Waals surface area (Å²) in [7, 11) is 0. The van der Waals surface area contributed by atoms with E-state index in [4.69, 9.17) is 0 Å². The average Bonchev–Trinajstić information content (AvgIpc) is 3.53. The van der Waals surface area contributed by atoms with Crippen LogP contribution < -0.4 is 10.6 Å². The predicted molar refractivity (Wildman–Crippen MR) is 118 cm³/mol. The second kappa shape index (κ2) is 10.4. The molecule has 0 saturated heterocycles. The second-order valence-electron chi connectivity index (χ2n) is 7.66. The number of hydrogen-bond acceptors (Lipinski definition) is 4. The summed E-state index contributed by atoms with van der Waals surface area (Å²) in [6.45, 7) is 0. The van der Waals surface area contributed by atoms with E-state index in [2.05, 4.69) is 26.6 Å². The van der Waals surface area contributed by atoms with E-state index in [1.54, 1.807) is 0 Å². The number of carbonyl (C=O) groups is 1. The number of nitrogens with one attached hydrogen (secondary N) is 2. The minimum atomic E-state index is -4.71. The molecule has 11 heteroatoms. The fourth-order valence-electron chi connectivity index (χ4n) is 3.09. The van der Waals surface area contributed by atoms with Crippen LogP contribution in [0.2, 0.25) is 0 Å². The van der Waals surface area contributed by atoms with E-state index in [1.807, 2.05) is 6.07 Å². The quantitative estimate of drug-likeness (QED) is 0.413. The van der Waals surface area contributed by atoms with Crippen LogP contribution in [0.15, 0.2) is 46.9 Å². The maximum atomic E-state index is 13.9. The van der Waals surface area contributed by atoms with Gasteiger partial charge in [0.1, 0.15) is 11.6 Å². The smallest absolute Gasteiger partial charge is 0.336 e. The maximum absolute atomic E-state index is 13.9. The Hall–Kier alpha value is -2.16. The van der Waals surface area contributed by atoms with Crippen molar-refractivity contribution in [1.29, 1.82) is 5.26 Å². The second-order valence-corrected chi connectivity index (χ2v) is 9.60. The number of halogens is 6. The van der Waals surface area contributed by atoms with E-state index in [-0.39, 0.29) is 22.6 Å². The number of hydrogen-bond donors (Lipinski definition) is 2. The molecule has 1 fully saturated rings. The fourth-order valence-corrected chi connectivity index (χ4v) is 4.40. The Kier molecular flexibility index (Phi) is 8.03. The van der Waals surface area contributed by atoms with Gasteiger partial charge in [0, 0.05) is 21.5 Å². The topological polar surface area (TPSA) is 64.9 Å². The summed E-state index contributed by atoms with van der Waals surface area (Å²) >= 11 is 4.16. The molecule has 1 saturated carbocycles. The summed E-state index contributed by atoms with van der Waals surface area (Å²) in [5, 5.41) is 14.1. The summed E-state index contributed by atoms with van der Waals surface area (Å²) < 4.78 is 69.6. The lowest BCUT2D eigenvalue weighted by Gasteiger charge is -2.28. The number of nitriles is 1. The molecule has 0 unspecified atom stereocenters. The maximum Gasteiger partial charge on any atom is 0.407 e. The summed E-state index contributed by atoms with van der Waals surface area (Å²) in [6.07, 6.45) is -3.88. The molecule has 33 heavy (non-hydrogen) atoms. The molecular formula is C22H19BrF5N3OS. The van der Waals surface area contributed by atoms with Crippen molar-refractivity contribution in [2.45, 2.75) is 42.4 Å². The molecule has 0 aromatic heterocycles. The van der Waals surface area contributed by atoms with E-state index >= 15 is 0 Å². The van der Waals surface area contributed by atoms with Crippen LogP contribution in [-0.2, 0) is 10.5 Å². The van der Waals surface area contributed by atoms with Crippen molar-refractivity contribution in [1.82, 2.24) is 10.6 Å². The number of thioether (sulfide) groups is 1. The van der Waals surface area contributed by atoms with Crippen molar-refractivity contribution in [3.8, 4) is 6.07 Å². The van der Waals surface area contributed by atoms with E-state index in [9.17, 15) is 32.0 Å². The van der Waals surface area contributed by atoms with E-state index in [1.165, 1.54) is 36.4 Å². The Balaban J connectivity index is 1.79. The Morgan fingerprint density at radius 3 is 2.42 bits per heavy atom. The highest BCUT2D eigenvalue weighted by Crippen LogP contribution is 2.36. The van der Waals surface area contributed by atoms with Crippen LogP contribution in [0.1, 0.15) is 30.0 Å². The molecule has 1 aliphatic rings. The molecule has 0 radical (unpaired) electrons. The standard InChI is InChI=1S/C22H19BrF5N3OS/c23-15-6-4-13(5-7-15)19(22(26,27)28)30-17(20(32)31-21(12-29)8-9-21)11-33-10-14-2-1-3-16(24)18(14)25/h1-7,17,19,30H,8-11H2,(H,31,32)/t17-,19-/m0/s1. The molecule has 4 nitrogen and oxygen atoms in total. The molecule has 0 heterocycles. The van der Waals surface area contributed by atoms with Gasteiger partial charge in [-0.2, -0.15) is 30.2 Å². The number of amides is 1. The number of nitrogens with zero attached hydrogens (tertiary/aromatic N) is 1. The first-order valence-corrected chi connectivity index (χ1v) is 11.8. The molecule has 2 aromatic rings. The third-order valence-corrected chi connectivity index (χ3v) is 6.73. The molecule has 2 atom stereocenters. The van der Waals surface area contributed by atoms with E-state index in [0.717, 1.165) is 17.8 Å². The highest BCUT2D eigenvalue weighted by molar-refractivity contribution is 9.10. The van der Waals surface area contributed by atoms with E-state index in [0.29, 0.717) is 17.3 Å². The van der Waals surface area contributed by atoms with Crippen LogP contribution in [0.4, 0.5) is 22.0 Å². The van der Waals surface area contributed by atoms with Gasteiger partial charge in [-0.15, -0.1) is 0 Å². The van der Waals surface area contributed by atoms with Gasteiger partial charge in [0.2, 0.25) is 5.91 Å². The molecule has 0 bridgehead atoms.